The molecule has 3 N–H and O–H groups in total. The van der Waals surface area contributed by atoms with Gasteiger partial charge in [0.15, 0.2) is 5.78 Å². The Labute approximate surface area is 104 Å². The Morgan fingerprint density at radius 2 is 2.11 bits per heavy atom. The number of rotatable bonds is 3. The molecule has 0 radical (unpaired) electrons. The third-order valence-corrected chi connectivity index (χ3v) is 2.45. The Kier molecular flexibility index (Phi) is 3.19. The number of ketones is 1. The zero-order valence-corrected chi connectivity index (χ0v) is 9.88. The summed E-state index contributed by atoms with van der Waals surface area (Å²) in [6, 6.07) is 7.98. The van der Waals surface area contributed by atoms with Gasteiger partial charge in [0.05, 0.1) is 5.56 Å². The minimum Gasteiger partial charge on any atom is -0.507 e. The lowest BCUT2D eigenvalue weighted by atomic mass is 10.1. The second kappa shape index (κ2) is 4.79. The van der Waals surface area contributed by atoms with Crippen LogP contribution in [0.2, 0.25) is 0 Å². The highest BCUT2D eigenvalue weighted by molar-refractivity contribution is 6.08. The standard InChI is InChI=1S/C14H13NO3/c1-9-2-4-11(18-9)5-7-13(16)12-6-3-10(15)8-14(12)17/h2-8,17H,15H2,1H3/b7-5+. The Morgan fingerprint density at radius 1 is 1.33 bits per heavy atom. The Bertz CT molecular complexity index is 611. The maximum atomic E-state index is 11.8. The molecule has 1 aromatic carbocycles. The Hall–Kier alpha value is -2.49. The number of phenols is 1. The number of aromatic hydroxyl groups is 1. The first-order valence-electron chi connectivity index (χ1n) is 5.43. The van der Waals surface area contributed by atoms with Crippen LogP contribution in [0.4, 0.5) is 5.69 Å². The van der Waals surface area contributed by atoms with Crippen LogP contribution >= 0.6 is 0 Å². The summed E-state index contributed by atoms with van der Waals surface area (Å²) in [5, 5.41) is 9.60. The number of allylic oxidation sites excluding steroid dienone is 1. The normalized spacial score (nSPS) is 10.9. The number of nitrogens with two attached hydrogens (primary N) is 1. The van der Waals surface area contributed by atoms with E-state index in [0.29, 0.717) is 11.4 Å². The van der Waals surface area contributed by atoms with Crippen LogP contribution in [0.1, 0.15) is 21.9 Å². The molecule has 0 saturated heterocycles. The van der Waals surface area contributed by atoms with Gasteiger partial charge in [0.1, 0.15) is 17.3 Å². The molecule has 0 saturated carbocycles. The summed E-state index contributed by atoms with van der Waals surface area (Å²) in [4.78, 5) is 11.8. The highest BCUT2D eigenvalue weighted by Crippen LogP contribution is 2.21. The lowest BCUT2D eigenvalue weighted by Gasteiger charge is -2.01. The minimum absolute atomic E-state index is 0.125. The molecule has 1 heterocycles. The molecule has 0 atom stereocenters. The summed E-state index contributed by atoms with van der Waals surface area (Å²) in [6.45, 7) is 1.82. The van der Waals surface area contributed by atoms with Crippen molar-refractivity contribution < 1.29 is 14.3 Å². The number of aryl methyl sites for hydroxylation is 1. The molecular weight excluding hydrogens is 230 g/mol. The van der Waals surface area contributed by atoms with Crippen molar-refractivity contribution in [3.05, 3.63) is 53.5 Å². The average Bonchev–Trinajstić information content (AvgIpc) is 2.72. The molecule has 4 nitrogen and oxygen atoms in total. The zero-order valence-electron chi connectivity index (χ0n) is 9.88. The molecule has 0 aliphatic rings. The van der Waals surface area contributed by atoms with E-state index in [1.165, 1.54) is 18.2 Å². The van der Waals surface area contributed by atoms with Crippen LogP contribution in [0.5, 0.6) is 5.75 Å². The topological polar surface area (TPSA) is 76.5 Å². The van der Waals surface area contributed by atoms with E-state index < -0.39 is 0 Å². The van der Waals surface area contributed by atoms with Gasteiger partial charge in [0.25, 0.3) is 0 Å². The molecule has 0 unspecified atom stereocenters. The van der Waals surface area contributed by atoms with Crippen molar-refractivity contribution in [2.75, 3.05) is 5.73 Å². The van der Waals surface area contributed by atoms with E-state index in [4.69, 9.17) is 10.2 Å². The quantitative estimate of drug-likeness (QED) is 0.493. The number of furan rings is 1. The zero-order chi connectivity index (χ0) is 13.1. The molecule has 4 heteroatoms. The summed E-state index contributed by atoms with van der Waals surface area (Å²) < 4.78 is 5.30. The third-order valence-electron chi connectivity index (χ3n) is 2.45. The van der Waals surface area contributed by atoms with Crippen LogP contribution in [-0.4, -0.2) is 10.9 Å². The first kappa shape index (κ1) is 12.0. The van der Waals surface area contributed by atoms with Gasteiger partial charge in [-0.25, -0.2) is 0 Å². The maximum Gasteiger partial charge on any atom is 0.189 e. The molecule has 1 aromatic heterocycles. The van der Waals surface area contributed by atoms with Crippen molar-refractivity contribution in [2.24, 2.45) is 0 Å². The van der Waals surface area contributed by atoms with Crippen molar-refractivity contribution in [3.63, 3.8) is 0 Å². The molecule has 0 aliphatic heterocycles. The molecule has 0 bridgehead atoms. The number of carbonyl (C=O) groups is 1. The summed E-state index contributed by atoms with van der Waals surface area (Å²) in [6.07, 6.45) is 2.91. The largest absolute Gasteiger partial charge is 0.507 e. The molecule has 92 valence electrons. The van der Waals surface area contributed by atoms with E-state index in [-0.39, 0.29) is 17.1 Å². The molecular formula is C14H13NO3. The summed E-state index contributed by atoms with van der Waals surface area (Å²) in [5.74, 6) is 0.940. The SMILES string of the molecule is Cc1ccc(/C=C/C(=O)c2ccc(N)cc2O)o1. The van der Waals surface area contributed by atoms with E-state index >= 15 is 0 Å². The average molecular weight is 243 g/mol. The van der Waals surface area contributed by atoms with Gasteiger partial charge < -0.3 is 15.3 Å². The van der Waals surface area contributed by atoms with Crippen molar-refractivity contribution in [1.29, 1.82) is 0 Å². The van der Waals surface area contributed by atoms with Gasteiger partial charge in [-0.1, -0.05) is 0 Å². The van der Waals surface area contributed by atoms with E-state index in [2.05, 4.69) is 0 Å². The fraction of sp³-hybridized carbons (Fsp3) is 0.0714. The van der Waals surface area contributed by atoms with Gasteiger partial charge in [-0.05, 0) is 43.3 Å². The fourth-order valence-corrected chi connectivity index (χ4v) is 1.55. The maximum absolute atomic E-state index is 11.8. The molecule has 0 spiro atoms. The Morgan fingerprint density at radius 3 is 2.72 bits per heavy atom. The van der Waals surface area contributed by atoms with Crippen molar-refractivity contribution in [2.45, 2.75) is 6.92 Å². The molecule has 2 rings (SSSR count). The van der Waals surface area contributed by atoms with Gasteiger partial charge >= 0.3 is 0 Å². The summed E-state index contributed by atoms with van der Waals surface area (Å²) >= 11 is 0. The summed E-state index contributed by atoms with van der Waals surface area (Å²) in [7, 11) is 0. The number of hydrogen-bond donors (Lipinski definition) is 2. The number of hydrogen-bond acceptors (Lipinski definition) is 4. The van der Waals surface area contributed by atoms with Crippen LogP contribution in [0.15, 0.2) is 40.8 Å². The number of anilines is 1. The highest BCUT2D eigenvalue weighted by atomic mass is 16.3. The van der Waals surface area contributed by atoms with Gasteiger partial charge in [-0.2, -0.15) is 0 Å². The van der Waals surface area contributed by atoms with E-state index in [9.17, 15) is 9.90 Å². The first-order valence-corrected chi connectivity index (χ1v) is 5.43. The second-order valence-electron chi connectivity index (χ2n) is 3.92. The number of phenolic OH excluding ortho intramolecular Hbond substituents is 1. The molecule has 0 aliphatic carbocycles. The van der Waals surface area contributed by atoms with Gasteiger partial charge in [0, 0.05) is 11.8 Å². The monoisotopic (exact) mass is 243 g/mol. The van der Waals surface area contributed by atoms with Crippen molar-refractivity contribution in [1.82, 2.24) is 0 Å². The smallest absolute Gasteiger partial charge is 0.189 e. The van der Waals surface area contributed by atoms with Crippen molar-refractivity contribution >= 4 is 17.5 Å². The lowest BCUT2D eigenvalue weighted by molar-refractivity contribution is 0.104. The predicted octanol–water partition coefficient (Wildman–Crippen LogP) is 2.77. The molecule has 0 fully saturated rings. The van der Waals surface area contributed by atoms with E-state index in [1.807, 2.05) is 13.0 Å². The number of nitrogen functional groups attached to an aromatic ring is 1. The predicted molar refractivity (Wildman–Crippen MR) is 69.3 cm³/mol. The minimum atomic E-state index is -0.304. The van der Waals surface area contributed by atoms with Crippen LogP contribution in [0, 0.1) is 6.92 Å². The fourth-order valence-electron chi connectivity index (χ4n) is 1.55. The van der Waals surface area contributed by atoms with Gasteiger partial charge in [0.2, 0.25) is 0 Å². The van der Waals surface area contributed by atoms with Crippen molar-refractivity contribution in [3.8, 4) is 5.75 Å². The van der Waals surface area contributed by atoms with Crippen LogP contribution in [0.25, 0.3) is 6.08 Å². The van der Waals surface area contributed by atoms with Crippen LogP contribution in [-0.2, 0) is 0 Å². The van der Waals surface area contributed by atoms with Gasteiger partial charge in [-0.15, -0.1) is 0 Å². The molecule has 2 aromatic rings. The van der Waals surface area contributed by atoms with Crippen LogP contribution in [0.3, 0.4) is 0 Å². The summed E-state index contributed by atoms with van der Waals surface area (Å²) in [5.41, 5.74) is 6.11. The number of benzene rings is 1. The van der Waals surface area contributed by atoms with Crippen LogP contribution < -0.4 is 5.73 Å². The Balaban J connectivity index is 2.19. The lowest BCUT2D eigenvalue weighted by Crippen LogP contribution is -1.96. The van der Waals surface area contributed by atoms with Gasteiger partial charge in [-0.3, -0.25) is 4.79 Å². The third kappa shape index (κ3) is 2.60. The number of carbonyl (C=O) groups excluding carboxylic acids is 1. The van der Waals surface area contributed by atoms with E-state index in [0.717, 1.165) is 5.76 Å². The highest BCUT2D eigenvalue weighted by Gasteiger charge is 2.08. The first-order chi connectivity index (χ1) is 8.56. The molecule has 0 amide bonds. The van der Waals surface area contributed by atoms with E-state index in [1.54, 1.807) is 18.2 Å². The second-order valence-corrected chi connectivity index (χ2v) is 3.92. The molecule has 18 heavy (non-hydrogen) atoms.